The molecule has 2 aliphatic heterocycles. The molecule has 11 atom stereocenters. The number of hydrogen-bond acceptors (Lipinski definition) is 18. The van der Waals surface area contributed by atoms with Gasteiger partial charge in [-0.25, -0.2) is 14.8 Å². The molecule has 3 unspecified atom stereocenters. The molecule has 5 heterocycles. The molecule has 3 aromatic heterocycles. The SMILES string of the molecule is O=c1ccn([C@@H]2O[C@H](CO[P+](=O)O[P+](=O)O[P+](=O)OC[C@@H]3O[C@H](n4cnc5c(=S)nc[nH]c54)[C@@H](O)[C@H]3O)[C@@H](O)[C@H]2O)c(=O)[nH]1. The van der Waals surface area contributed by atoms with Gasteiger partial charge in [-0.05, 0) is 0 Å². The summed E-state index contributed by atoms with van der Waals surface area (Å²) < 4.78 is 68.2. The Labute approximate surface area is 251 Å². The molecule has 0 radical (unpaired) electrons. The van der Waals surface area contributed by atoms with Crippen LogP contribution in [0.4, 0.5) is 0 Å². The summed E-state index contributed by atoms with van der Waals surface area (Å²) in [5.74, 6) is 0. The van der Waals surface area contributed by atoms with Crippen molar-refractivity contribution in [2.24, 2.45) is 0 Å². The van der Waals surface area contributed by atoms with E-state index in [2.05, 4.69) is 23.6 Å². The zero-order chi connectivity index (χ0) is 31.7. The predicted molar refractivity (Wildman–Crippen MR) is 143 cm³/mol. The highest BCUT2D eigenvalue weighted by Gasteiger charge is 2.53. The molecule has 44 heavy (non-hydrogen) atoms. The molecule has 5 rings (SSSR count). The molecule has 0 aromatic carbocycles. The molecule has 0 spiro atoms. The summed E-state index contributed by atoms with van der Waals surface area (Å²) in [7, 11) is -9.73. The van der Waals surface area contributed by atoms with Gasteiger partial charge in [0, 0.05) is 26.0 Å². The molecule has 2 fully saturated rings. The maximum absolute atomic E-state index is 12.1. The number of aliphatic hydroxyl groups is 4. The van der Waals surface area contributed by atoms with Crippen LogP contribution in [-0.2, 0) is 40.8 Å². The maximum Gasteiger partial charge on any atom is 0.798 e. The number of aliphatic hydroxyl groups excluding tert-OH is 4. The molecular formula is C19H22N6O15P3S+3. The second kappa shape index (κ2) is 13.8. The van der Waals surface area contributed by atoms with E-state index >= 15 is 0 Å². The molecule has 25 heteroatoms. The lowest BCUT2D eigenvalue weighted by atomic mass is 10.1. The number of fused-ring (bicyclic) bond motifs is 1. The first kappa shape index (κ1) is 32.7. The molecule has 2 saturated heterocycles. The highest BCUT2D eigenvalue weighted by Crippen LogP contribution is 2.47. The number of nitrogens with one attached hydrogen (secondary N) is 2. The standard InChI is InChI=1S/C19H20N6O15P3S/c26-9-1-2-24(19(31)23-9)17-13(29)11(27)7(37-17)3-35-41(32)39-43(34)40-42(33)36-4-8-12(28)14(30)18(38-8)25-6-22-10-15(25)20-5-21-16(10)44/h1-2,5-8,11-14,17-18,27-30H,3-4H2/q+1/p+2/t7-,8+,11-,12+,13-,14+,17-,18+/m1/s1. The number of imidazole rings is 1. The van der Waals surface area contributed by atoms with Gasteiger partial charge in [0.25, 0.3) is 5.56 Å². The Hall–Kier alpha value is -2.65. The Balaban J connectivity index is 1.06. The molecule has 21 nitrogen and oxygen atoms in total. The van der Waals surface area contributed by atoms with E-state index < -0.39 is 98.3 Å². The average molecular weight is 699 g/mol. The van der Waals surface area contributed by atoms with Crippen LogP contribution < -0.4 is 11.2 Å². The molecule has 0 saturated carbocycles. The normalized spacial score (nSPS) is 29.7. The summed E-state index contributed by atoms with van der Waals surface area (Å²) in [6.45, 7) is -1.28. The van der Waals surface area contributed by atoms with Crippen molar-refractivity contribution in [2.45, 2.75) is 49.1 Å². The van der Waals surface area contributed by atoms with Crippen LogP contribution in [0.2, 0.25) is 0 Å². The highest BCUT2D eigenvalue weighted by molar-refractivity contribution is 7.71. The van der Waals surface area contributed by atoms with Gasteiger partial charge in [0.05, 0.1) is 12.7 Å². The minimum atomic E-state index is -3.34. The minimum Gasteiger partial charge on any atom is -0.387 e. The lowest BCUT2D eigenvalue weighted by molar-refractivity contribution is -0.0516. The third kappa shape index (κ3) is 6.94. The highest BCUT2D eigenvalue weighted by atomic mass is 32.1. The fourth-order valence-electron chi connectivity index (χ4n) is 4.33. The number of nitrogens with zero attached hydrogens (tertiary/aromatic N) is 4. The van der Waals surface area contributed by atoms with Crippen LogP contribution in [0.25, 0.3) is 11.2 Å². The van der Waals surface area contributed by atoms with Gasteiger partial charge in [-0.3, -0.25) is 18.9 Å². The molecule has 0 amide bonds. The first-order valence-electron chi connectivity index (χ1n) is 12.2. The van der Waals surface area contributed by atoms with Crippen molar-refractivity contribution in [1.29, 1.82) is 0 Å². The fourth-order valence-corrected chi connectivity index (χ4v) is 6.70. The minimum absolute atomic E-state index is 0.195. The first-order valence-corrected chi connectivity index (χ1v) is 15.9. The fraction of sp³-hybridized carbons (Fsp3) is 0.526. The molecule has 236 valence electrons. The Kier molecular flexibility index (Phi) is 10.2. The Morgan fingerprint density at radius 2 is 1.43 bits per heavy atom. The molecule has 0 bridgehead atoms. The van der Waals surface area contributed by atoms with Crippen molar-refractivity contribution >= 4 is 48.1 Å². The lowest BCUT2D eigenvalue weighted by Crippen LogP contribution is -2.37. The number of H-pyrrole nitrogens is 2. The molecular weight excluding hydrogens is 677 g/mol. The van der Waals surface area contributed by atoms with Gasteiger partial charge < -0.3 is 34.9 Å². The van der Waals surface area contributed by atoms with E-state index in [1.54, 1.807) is 0 Å². The third-order valence-electron chi connectivity index (χ3n) is 6.41. The van der Waals surface area contributed by atoms with Crippen LogP contribution >= 0.6 is 37.0 Å². The summed E-state index contributed by atoms with van der Waals surface area (Å²) >= 11 is 5.09. The number of aromatic nitrogens is 6. The van der Waals surface area contributed by atoms with Crippen molar-refractivity contribution in [3.63, 3.8) is 0 Å². The van der Waals surface area contributed by atoms with Gasteiger partial charge in [0.2, 0.25) is 0 Å². The van der Waals surface area contributed by atoms with Crippen molar-refractivity contribution in [3.05, 3.63) is 50.4 Å². The van der Waals surface area contributed by atoms with Crippen LogP contribution in [0.15, 0.2) is 34.5 Å². The summed E-state index contributed by atoms with van der Waals surface area (Å²) in [6, 6.07) is 0.990. The van der Waals surface area contributed by atoms with E-state index in [1.165, 1.54) is 17.2 Å². The number of hydrogen-bond donors (Lipinski definition) is 6. The van der Waals surface area contributed by atoms with Gasteiger partial charge >= 0.3 is 30.5 Å². The van der Waals surface area contributed by atoms with Crippen molar-refractivity contribution in [2.75, 3.05) is 13.2 Å². The number of aromatic amines is 2. The summed E-state index contributed by atoms with van der Waals surface area (Å²) in [6.07, 6.45) is -7.69. The maximum atomic E-state index is 12.1. The second-order valence-electron chi connectivity index (χ2n) is 9.09. The third-order valence-corrected chi connectivity index (χ3v) is 9.56. The van der Waals surface area contributed by atoms with Gasteiger partial charge in [-0.1, -0.05) is 12.2 Å². The van der Waals surface area contributed by atoms with E-state index in [1.807, 2.05) is 4.98 Å². The quantitative estimate of drug-likeness (QED) is 0.101. The van der Waals surface area contributed by atoms with Gasteiger partial charge in [-0.15, -0.1) is 9.05 Å². The van der Waals surface area contributed by atoms with Gasteiger partial charge in [-0.2, -0.15) is 0 Å². The van der Waals surface area contributed by atoms with Crippen molar-refractivity contribution in [3.8, 4) is 0 Å². The van der Waals surface area contributed by atoms with Crippen LogP contribution in [0, 0.1) is 4.64 Å². The van der Waals surface area contributed by atoms with Crippen LogP contribution in [0.1, 0.15) is 12.5 Å². The molecule has 3 aromatic rings. The van der Waals surface area contributed by atoms with E-state index in [9.17, 15) is 43.7 Å². The van der Waals surface area contributed by atoms with E-state index in [0.29, 0.717) is 11.2 Å². The number of rotatable bonds is 12. The largest absolute Gasteiger partial charge is 0.798 e. The second-order valence-corrected chi connectivity index (χ2v) is 12.6. The lowest BCUT2D eigenvalue weighted by Gasteiger charge is -2.16. The summed E-state index contributed by atoms with van der Waals surface area (Å²) in [5.41, 5.74) is -0.935. The zero-order valence-electron chi connectivity index (χ0n) is 21.7. The Bertz CT molecular complexity index is 1750. The van der Waals surface area contributed by atoms with E-state index in [-0.39, 0.29) is 4.64 Å². The van der Waals surface area contributed by atoms with E-state index in [4.69, 9.17) is 30.7 Å². The van der Waals surface area contributed by atoms with Crippen LogP contribution in [0.5, 0.6) is 0 Å². The summed E-state index contributed by atoms with van der Waals surface area (Å²) in [5, 5.41) is 41.2. The molecule has 2 aliphatic rings. The monoisotopic (exact) mass is 699 g/mol. The van der Waals surface area contributed by atoms with E-state index in [0.717, 1.165) is 16.8 Å². The van der Waals surface area contributed by atoms with Gasteiger partial charge in [0.15, 0.2) is 25.7 Å². The van der Waals surface area contributed by atoms with Gasteiger partial charge in [0.1, 0.15) is 61.0 Å². The molecule has 0 aliphatic carbocycles. The first-order chi connectivity index (χ1) is 20.9. The zero-order valence-corrected chi connectivity index (χ0v) is 25.2. The van der Waals surface area contributed by atoms with Crippen LogP contribution in [0.3, 0.4) is 0 Å². The van der Waals surface area contributed by atoms with Crippen molar-refractivity contribution in [1.82, 2.24) is 29.1 Å². The average Bonchev–Trinajstić information content (AvgIpc) is 3.61. The smallest absolute Gasteiger partial charge is 0.387 e. The van der Waals surface area contributed by atoms with Crippen molar-refractivity contribution < 1.29 is 61.3 Å². The molecule has 6 N–H and O–H groups in total. The number of ether oxygens (including phenoxy) is 2. The Morgan fingerprint density at radius 3 is 2.00 bits per heavy atom. The summed E-state index contributed by atoms with van der Waals surface area (Å²) in [4.78, 5) is 36.0. The Morgan fingerprint density at radius 1 is 0.864 bits per heavy atom. The van der Waals surface area contributed by atoms with Crippen LogP contribution in [-0.4, -0.2) is 99.3 Å². The topological polar surface area (TPSA) is 289 Å². The predicted octanol–water partition coefficient (Wildman–Crippen LogP) is -0.684.